The first-order valence-corrected chi connectivity index (χ1v) is 12.4. The summed E-state index contributed by atoms with van der Waals surface area (Å²) in [5, 5.41) is 8.07. The van der Waals surface area contributed by atoms with Crippen LogP contribution in [0.2, 0.25) is 0 Å². The highest BCUT2D eigenvalue weighted by Gasteiger charge is 2.33. The number of aryl methyl sites for hydroxylation is 1. The van der Waals surface area contributed by atoms with Crippen molar-refractivity contribution in [2.24, 2.45) is 0 Å². The zero-order chi connectivity index (χ0) is 21.5. The standard InChI is InChI=1S/C25H40N4O2/c1-31-24-10-7-21(8-11-24)9-12-25(30)29(23-5-3-2-4-6-23)28-19-17-27(18-20-28)22-13-15-26-16-14-22/h7-8,10-11,22-23,26H,2-6,9,12-20H2,1H3. The van der Waals surface area contributed by atoms with Gasteiger partial charge in [-0.1, -0.05) is 31.4 Å². The summed E-state index contributed by atoms with van der Waals surface area (Å²) >= 11 is 0. The van der Waals surface area contributed by atoms with Crippen LogP contribution in [0.25, 0.3) is 0 Å². The molecule has 0 aromatic heterocycles. The lowest BCUT2D eigenvalue weighted by atomic mass is 9.94. The second kappa shape index (κ2) is 11.3. The van der Waals surface area contributed by atoms with Gasteiger partial charge in [0.05, 0.1) is 7.11 Å². The van der Waals surface area contributed by atoms with Crippen LogP contribution in [0.1, 0.15) is 56.9 Å². The SMILES string of the molecule is COc1ccc(CCC(=O)N(C2CCCCC2)N2CCN(C3CCNCC3)CC2)cc1. The van der Waals surface area contributed by atoms with E-state index < -0.39 is 0 Å². The van der Waals surface area contributed by atoms with Crippen LogP contribution in [0.15, 0.2) is 24.3 Å². The van der Waals surface area contributed by atoms with E-state index in [9.17, 15) is 4.79 Å². The maximum absolute atomic E-state index is 13.5. The van der Waals surface area contributed by atoms with E-state index in [1.807, 2.05) is 12.1 Å². The third kappa shape index (κ3) is 5.99. The third-order valence-corrected chi connectivity index (χ3v) is 7.38. The Hall–Kier alpha value is -1.63. The van der Waals surface area contributed by atoms with Gasteiger partial charge in [-0.15, -0.1) is 0 Å². The normalized spacial score (nSPS) is 22.4. The number of rotatable bonds is 7. The molecule has 1 aromatic rings. The van der Waals surface area contributed by atoms with E-state index in [1.165, 1.54) is 37.7 Å². The Kier molecular flexibility index (Phi) is 8.22. The van der Waals surface area contributed by atoms with Crippen molar-refractivity contribution in [3.63, 3.8) is 0 Å². The van der Waals surface area contributed by atoms with Gasteiger partial charge in [-0.25, -0.2) is 5.01 Å². The molecule has 4 rings (SSSR count). The number of benzene rings is 1. The Balaban J connectivity index is 1.36. The summed E-state index contributed by atoms with van der Waals surface area (Å²) in [6.45, 7) is 6.41. The first kappa shape index (κ1) is 22.6. The van der Waals surface area contributed by atoms with Gasteiger partial charge in [0.1, 0.15) is 5.75 Å². The Labute approximate surface area is 187 Å². The van der Waals surface area contributed by atoms with Crippen molar-refractivity contribution in [3.05, 3.63) is 29.8 Å². The molecule has 3 aliphatic rings. The van der Waals surface area contributed by atoms with E-state index in [1.54, 1.807) is 7.11 Å². The van der Waals surface area contributed by atoms with Crippen molar-refractivity contribution in [1.82, 2.24) is 20.2 Å². The molecule has 6 nitrogen and oxygen atoms in total. The van der Waals surface area contributed by atoms with E-state index >= 15 is 0 Å². The smallest absolute Gasteiger partial charge is 0.237 e. The summed E-state index contributed by atoms with van der Waals surface area (Å²) < 4.78 is 5.25. The Bertz CT molecular complexity index is 675. The lowest BCUT2D eigenvalue weighted by molar-refractivity contribution is -0.162. The first-order valence-electron chi connectivity index (χ1n) is 12.4. The predicted molar refractivity (Wildman–Crippen MR) is 124 cm³/mol. The maximum atomic E-state index is 13.5. The van der Waals surface area contributed by atoms with Gasteiger partial charge in [0.25, 0.3) is 0 Å². The second-order valence-corrected chi connectivity index (χ2v) is 9.35. The average Bonchev–Trinajstić information content (AvgIpc) is 2.85. The lowest BCUT2D eigenvalue weighted by Gasteiger charge is -2.47. The van der Waals surface area contributed by atoms with E-state index in [0.29, 0.717) is 18.4 Å². The summed E-state index contributed by atoms with van der Waals surface area (Å²) in [4.78, 5) is 16.1. The van der Waals surface area contributed by atoms with Gasteiger partial charge in [0, 0.05) is 44.7 Å². The van der Waals surface area contributed by atoms with Crippen molar-refractivity contribution >= 4 is 5.91 Å². The van der Waals surface area contributed by atoms with Gasteiger partial charge in [0.2, 0.25) is 5.91 Å². The van der Waals surface area contributed by atoms with Gasteiger partial charge in [0.15, 0.2) is 0 Å². The highest BCUT2D eigenvalue weighted by molar-refractivity contribution is 5.76. The molecule has 1 N–H and O–H groups in total. The molecule has 0 atom stereocenters. The number of carbonyl (C=O) groups is 1. The summed E-state index contributed by atoms with van der Waals surface area (Å²) in [5.74, 6) is 1.17. The Morgan fingerprint density at radius 2 is 1.68 bits per heavy atom. The van der Waals surface area contributed by atoms with Crippen molar-refractivity contribution in [2.45, 2.75) is 69.9 Å². The molecule has 3 fully saturated rings. The number of nitrogens with zero attached hydrogens (tertiary/aromatic N) is 3. The Morgan fingerprint density at radius 1 is 1.00 bits per heavy atom. The van der Waals surface area contributed by atoms with E-state index in [2.05, 4.69) is 32.4 Å². The van der Waals surface area contributed by atoms with Crippen LogP contribution in [0, 0.1) is 0 Å². The van der Waals surface area contributed by atoms with Gasteiger partial charge in [-0.05, 0) is 62.9 Å². The molecule has 0 spiro atoms. The van der Waals surface area contributed by atoms with Crippen molar-refractivity contribution in [2.75, 3.05) is 46.4 Å². The number of nitrogens with one attached hydrogen (secondary N) is 1. The monoisotopic (exact) mass is 428 g/mol. The number of hydrogen-bond acceptors (Lipinski definition) is 5. The minimum Gasteiger partial charge on any atom is -0.497 e. The molecule has 0 bridgehead atoms. The van der Waals surface area contributed by atoms with Crippen LogP contribution in [0.5, 0.6) is 5.75 Å². The summed E-state index contributed by atoms with van der Waals surface area (Å²) in [7, 11) is 1.69. The summed E-state index contributed by atoms with van der Waals surface area (Å²) in [5.41, 5.74) is 1.20. The molecule has 1 saturated carbocycles. The molecule has 1 aliphatic carbocycles. The maximum Gasteiger partial charge on any atom is 0.237 e. The molecule has 0 unspecified atom stereocenters. The second-order valence-electron chi connectivity index (χ2n) is 9.35. The van der Waals surface area contributed by atoms with Crippen LogP contribution < -0.4 is 10.1 Å². The molecule has 172 valence electrons. The predicted octanol–water partition coefficient (Wildman–Crippen LogP) is 3.07. The molecule has 0 radical (unpaired) electrons. The van der Waals surface area contributed by atoms with Crippen LogP contribution in [0.4, 0.5) is 0 Å². The fourth-order valence-electron chi connectivity index (χ4n) is 5.54. The van der Waals surface area contributed by atoms with Gasteiger partial charge < -0.3 is 10.1 Å². The van der Waals surface area contributed by atoms with E-state index in [-0.39, 0.29) is 0 Å². The van der Waals surface area contributed by atoms with Crippen molar-refractivity contribution in [3.8, 4) is 5.75 Å². The number of piperidine rings is 1. The fourth-order valence-corrected chi connectivity index (χ4v) is 5.54. The number of methoxy groups -OCH3 is 1. The van der Waals surface area contributed by atoms with Gasteiger partial charge >= 0.3 is 0 Å². The quantitative estimate of drug-likeness (QED) is 0.723. The Morgan fingerprint density at radius 3 is 2.32 bits per heavy atom. The molecular weight excluding hydrogens is 388 g/mol. The highest BCUT2D eigenvalue weighted by Crippen LogP contribution is 2.26. The van der Waals surface area contributed by atoms with Crippen LogP contribution >= 0.6 is 0 Å². The van der Waals surface area contributed by atoms with Crippen LogP contribution in [-0.2, 0) is 11.2 Å². The topological polar surface area (TPSA) is 48.1 Å². The first-order chi connectivity index (χ1) is 15.2. The molecule has 1 aromatic carbocycles. The number of piperazine rings is 1. The minimum absolute atomic E-state index is 0.304. The van der Waals surface area contributed by atoms with Crippen molar-refractivity contribution in [1.29, 1.82) is 0 Å². The molecular formula is C25H40N4O2. The molecule has 31 heavy (non-hydrogen) atoms. The third-order valence-electron chi connectivity index (χ3n) is 7.38. The van der Waals surface area contributed by atoms with E-state index in [0.717, 1.165) is 70.3 Å². The molecule has 2 heterocycles. The van der Waals surface area contributed by atoms with Crippen molar-refractivity contribution < 1.29 is 9.53 Å². The number of carbonyl (C=O) groups excluding carboxylic acids is 1. The molecule has 2 saturated heterocycles. The number of hydrogen-bond donors (Lipinski definition) is 1. The zero-order valence-electron chi connectivity index (χ0n) is 19.2. The highest BCUT2D eigenvalue weighted by atomic mass is 16.5. The molecule has 1 amide bonds. The van der Waals surface area contributed by atoms with E-state index in [4.69, 9.17) is 4.74 Å². The summed E-state index contributed by atoms with van der Waals surface area (Å²) in [6.07, 6.45) is 10.0. The molecule has 6 heteroatoms. The van der Waals surface area contributed by atoms with Crippen LogP contribution in [0.3, 0.4) is 0 Å². The fraction of sp³-hybridized carbons (Fsp3) is 0.720. The minimum atomic E-state index is 0.304. The van der Waals surface area contributed by atoms with Gasteiger partial charge in [-0.3, -0.25) is 14.7 Å². The average molecular weight is 429 g/mol. The molecule has 2 aliphatic heterocycles. The van der Waals surface area contributed by atoms with Gasteiger partial charge in [-0.2, -0.15) is 0 Å². The number of amides is 1. The lowest BCUT2D eigenvalue weighted by Crippen LogP contribution is -2.60. The number of hydrazine groups is 1. The number of ether oxygens (including phenoxy) is 1. The largest absolute Gasteiger partial charge is 0.497 e. The zero-order valence-corrected chi connectivity index (χ0v) is 19.2. The summed E-state index contributed by atoms with van der Waals surface area (Å²) in [6, 6.07) is 9.24. The van der Waals surface area contributed by atoms with Crippen LogP contribution in [-0.4, -0.2) is 79.3 Å².